The SMILES string of the molecule is CC1(C)CCC[C@]2(C)[C@H]3Cc4cc(OC(=O)c5ccccn5)ccc4O[C@]3(C)CC[C@@H]12. The van der Waals surface area contributed by atoms with Crippen LogP contribution in [0.3, 0.4) is 0 Å². The van der Waals surface area contributed by atoms with Crippen LogP contribution in [0.25, 0.3) is 0 Å². The summed E-state index contributed by atoms with van der Waals surface area (Å²) in [7, 11) is 0. The van der Waals surface area contributed by atoms with Gasteiger partial charge in [-0.3, -0.25) is 0 Å². The number of pyridine rings is 1. The van der Waals surface area contributed by atoms with E-state index in [9.17, 15) is 4.79 Å². The predicted octanol–water partition coefficient (Wildman–Crippen LogP) is 6.24. The Bertz CT molecular complexity index is 1000. The largest absolute Gasteiger partial charge is 0.487 e. The molecule has 3 aliphatic rings. The summed E-state index contributed by atoms with van der Waals surface area (Å²) in [6.07, 6.45) is 8.81. The average Bonchev–Trinajstić information content (AvgIpc) is 2.73. The van der Waals surface area contributed by atoms with Crippen LogP contribution in [0.5, 0.6) is 11.5 Å². The van der Waals surface area contributed by atoms with Gasteiger partial charge in [0.15, 0.2) is 0 Å². The van der Waals surface area contributed by atoms with Crippen molar-refractivity contribution in [3.8, 4) is 11.5 Å². The molecule has 1 aliphatic heterocycles. The maximum Gasteiger partial charge on any atom is 0.362 e. The van der Waals surface area contributed by atoms with E-state index in [1.165, 1.54) is 25.7 Å². The van der Waals surface area contributed by atoms with Crippen LogP contribution in [0.4, 0.5) is 0 Å². The normalized spacial score (nSPS) is 33.3. The highest BCUT2D eigenvalue weighted by Crippen LogP contribution is 2.64. The van der Waals surface area contributed by atoms with Gasteiger partial charge in [-0.05, 0) is 91.7 Å². The number of nitrogens with zero attached hydrogens (tertiary/aromatic N) is 1. The van der Waals surface area contributed by atoms with Gasteiger partial charge in [-0.2, -0.15) is 0 Å². The highest BCUT2D eigenvalue weighted by Gasteiger charge is 2.60. The van der Waals surface area contributed by atoms with Gasteiger partial charge in [0.2, 0.25) is 0 Å². The van der Waals surface area contributed by atoms with E-state index in [2.05, 4.69) is 32.7 Å². The summed E-state index contributed by atoms with van der Waals surface area (Å²) in [5, 5.41) is 0. The molecule has 0 spiro atoms. The molecule has 4 heteroatoms. The fraction of sp³-hybridized carbons (Fsp3) is 0.556. The second-order valence-electron chi connectivity index (χ2n) is 11.0. The molecule has 1 aromatic carbocycles. The maximum atomic E-state index is 12.5. The van der Waals surface area contributed by atoms with Gasteiger partial charge in [0.1, 0.15) is 22.8 Å². The van der Waals surface area contributed by atoms with Crippen LogP contribution in [0, 0.1) is 22.7 Å². The molecule has 2 aliphatic carbocycles. The minimum absolute atomic E-state index is 0.127. The first-order valence-corrected chi connectivity index (χ1v) is 11.7. The summed E-state index contributed by atoms with van der Waals surface area (Å²) in [5.41, 5.74) is 2.00. The Morgan fingerprint density at radius 3 is 2.68 bits per heavy atom. The quantitative estimate of drug-likeness (QED) is 0.427. The molecule has 2 heterocycles. The molecular weight excluding hydrogens is 386 g/mol. The summed E-state index contributed by atoms with van der Waals surface area (Å²) >= 11 is 0. The molecule has 0 unspecified atom stereocenters. The van der Waals surface area contributed by atoms with Crippen LogP contribution in [-0.4, -0.2) is 16.6 Å². The van der Waals surface area contributed by atoms with E-state index in [-0.39, 0.29) is 11.0 Å². The van der Waals surface area contributed by atoms with Crippen molar-refractivity contribution in [1.29, 1.82) is 0 Å². The standard InChI is InChI=1S/C27H33NO3/c1-25(2)12-7-13-26(3)22(25)11-14-27(4)23(26)17-18-16-19(9-10-21(18)31-27)30-24(29)20-8-5-6-15-28-20/h5-6,8-10,15-16,22-23H,7,11-14,17H2,1-4H3/t22-,23+,26-,27+/m0/s1. The Morgan fingerprint density at radius 2 is 1.90 bits per heavy atom. The van der Waals surface area contributed by atoms with Crippen molar-refractivity contribution in [2.45, 2.75) is 71.8 Å². The molecular formula is C27H33NO3. The van der Waals surface area contributed by atoms with Crippen molar-refractivity contribution in [2.24, 2.45) is 22.7 Å². The number of esters is 1. The van der Waals surface area contributed by atoms with E-state index in [1.807, 2.05) is 18.2 Å². The molecule has 0 amide bonds. The molecule has 31 heavy (non-hydrogen) atoms. The maximum absolute atomic E-state index is 12.5. The Balaban J connectivity index is 1.44. The molecule has 4 nitrogen and oxygen atoms in total. The van der Waals surface area contributed by atoms with E-state index in [1.54, 1.807) is 24.4 Å². The molecule has 2 aromatic rings. The smallest absolute Gasteiger partial charge is 0.362 e. The molecule has 0 radical (unpaired) electrons. The molecule has 0 bridgehead atoms. The topological polar surface area (TPSA) is 48.4 Å². The molecule has 2 saturated carbocycles. The third-order valence-electron chi connectivity index (χ3n) is 8.62. The van der Waals surface area contributed by atoms with E-state index in [0.29, 0.717) is 22.8 Å². The zero-order valence-electron chi connectivity index (χ0n) is 19.1. The minimum Gasteiger partial charge on any atom is -0.487 e. The number of benzene rings is 1. The lowest BCUT2D eigenvalue weighted by molar-refractivity contribution is -0.162. The lowest BCUT2D eigenvalue weighted by Crippen LogP contribution is -2.61. The highest BCUT2D eigenvalue weighted by molar-refractivity contribution is 5.88. The van der Waals surface area contributed by atoms with E-state index in [4.69, 9.17) is 9.47 Å². The third kappa shape index (κ3) is 3.35. The molecule has 0 saturated heterocycles. The van der Waals surface area contributed by atoms with Crippen LogP contribution >= 0.6 is 0 Å². The predicted molar refractivity (Wildman–Crippen MR) is 120 cm³/mol. The Hall–Kier alpha value is -2.36. The molecule has 1 aromatic heterocycles. The minimum atomic E-state index is -0.430. The summed E-state index contributed by atoms with van der Waals surface area (Å²) in [6, 6.07) is 11.0. The second-order valence-corrected chi connectivity index (χ2v) is 11.0. The first kappa shape index (κ1) is 20.5. The third-order valence-corrected chi connectivity index (χ3v) is 8.62. The van der Waals surface area contributed by atoms with Crippen molar-refractivity contribution in [1.82, 2.24) is 4.98 Å². The van der Waals surface area contributed by atoms with Crippen molar-refractivity contribution >= 4 is 5.97 Å². The van der Waals surface area contributed by atoms with Crippen LogP contribution in [-0.2, 0) is 6.42 Å². The summed E-state index contributed by atoms with van der Waals surface area (Å²) in [4.78, 5) is 16.5. The van der Waals surface area contributed by atoms with Gasteiger partial charge < -0.3 is 9.47 Å². The van der Waals surface area contributed by atoms with Gasteiger partial charge in [0.25, 0.3) is 0 Å². The number of carbonyl (C=O) groups is 1. The number of aromatic nitrogens is 1. The summed E-state index contributed by atoms with van der Waals surface area (Å²) in [5.74, 6) is 2.26. The number of fused-ring (bicyclic) bond motifs is 4. The Morgan fingerprint density at radius 1 is 1.06 bits per heavy atom. The lowest BCUT2D eigenvalue weighted by atomic mass is 9.44. The van der Waals surface area contributed by atoms with Crippen molar-refractivity contribution in [2.75, 3.05) is 0 Å². The first-order valence-electron chi connectivity index (χ1n) is 11.7. The van der Waals surface area contributed by atoms with E-state index in [0.717, 1.165) is 30.1 Å². The zero-order valence-corrected chi connectivity index (χ0v) is 19.1. The second kappa shape index (κ2) is 7.08. The summed E-state index contributed by atoms with van der Waals surface area (Å²) < 4.78 is 12.3. The molecule has 4 atom stereocenters. The highest BCUT2D eigenvalue weighted by atomic mass is 16.5. The monoisotopic (exact) mass is 419 g/mol. The van der Waals surface area contributed by atoms with E-state index >= 15 is 0 Å². The number of ether oxygens (including phenoxy) is 2. The molecule has 5 rings (SSSR count). The van der Waals surface area contributed by atoms with Crippen molar-refractivity contribution in [3.05, 3.63) is 53.9 Å². The lowest BCUT2D eigenvalue weighted by Gasteiger charge is -2.63. The van der Waals surface area contributed by atoms with Gasteiger partial charge in [0, 0.05) is 12.1 Å². The first-order chi connectivity index (χ1) is 14.7. The Labute approximate surface area is 185 Å². The van der Waals surface area contributed by atoms with E-state index < -0.39 is 5.97 Å². The van der Waals surface area contributed by atoms with Gasteiger partial charge in [-0.25, -0.2) is 9.78 Å². The van der Waals surface area contributed by atoms with Crippen LogP contribution in [0.2, 0.25) is 0 Å². The summed E-state index contributed by atoms with van der Waals surface area (Å²) in [6.45, 7) is 9.76. The van der Waals surface area contributed by atoms with Crippen LogP contribution < -0.4 is 9.47 Å². The van der Waals surface area contributed by atoms with Gasteiger partial charge in [0.05, 0.1) is 0 Å². The number of hydrogen-bond acceptors (Lipinski definition) is 4. The van der Waals surface area contributed by atoms with Crippen molar-refractivity contribution in [3.63, 3.8) is 0 Å². The molecule has 2 fully saturated rings. The Kier molecular flexibility index (Phi) is 4.69. The number of rotatable bonds is 2. The van der Waals surface area contributed by atoms with Gasteiger partial charge >= 0.3 is 5.97 Å². The van der Waals surface area contributed by atoms with Crippen LogP contribution in [0.15, 0.2) is 42.6 Å². The van der Waals surface area contributed by atoms with Gasteiger partial charge in [-0.15, -0.1) is 0 Å². The fourth-order valence-electron chi connectivity index (χ4n) is 7.17. The number of carbonyl (C=O) groups excluding carboxylic acids is 1. The molecule has 0 N–H and O–H groups in total. The molecule has 164 valence electrons. The average molecular weight is 420 g/mol. The van der Waals surface area contributed by atoms with Crippen molar-refractivity contribution < 1.29 is 14.3 Å². The fourth-order valence-corrected chi connectivity index (χ4v) is 7.17. The zero-order chi connectivity index (χ0) is 21.9. The number of hydrogen-bond donors (Lipinski definition) is 0. The van der Waals surface area contributed by atoms with Crippen LogP contribution in [0.1, 0.15) is 75.9 Å². The van der Waals surface area contributed by atoms with Gasteiger partial charge in [-0.1, -0.05) is 33.3 Å².